The van der Waals surface area contributed by atoms with Crippen LogP contribution in [0.3, 0.4) is 0 Å². The minimum absolute atomic E-state index is 0. The number of hydrazine groups is 1. The zero-order valence-electron chi connectivity index (χ0n) is 19.5. The number of halogens is 1. The molecule has 0 saturated carbocycles. The van der Waals surface area contributed by atoms with Gasteiger partial charge in [-0.05, 0) is 18.6 Å². The van der Waals surface area contributed by atoms with Gasteiger partial charge in [-0.25, -0.2) is 5.84 Å². The van der Waals surface area contributed by atoms with Crippen molar-refractivity contribution in [1.29, 1.82) is 0 Å². The topological polar surface area (TPSA) is 84.6 Å². The van der Waals surface area contributed by atoms with E-state index in [1.165, 1.54) is 102 Å². The summed E-state index contributed by atoms with van der Waals surface area (Å²) in [5, 5.41) is 9.84. The van der Waals surface area contributed by atoms with E-state index in [1.54, 1.807) is 6.07 Å². The minimum atomic E-state index is -0.517. The molecule has 5 nitrogen and oxygen atoms in total. The summed E-state index contributed by atoms with van der Waals surface area (Å²) in [7, 11) is 0. The number of phenolic OH excluding ortho intramolecular Hbond substituents is 1. The first kappa shape index (κ1) is 29.5. The molecule has 0 fully saturated rings. The number of nitrogens with one attached hydrogen (secondary N) is 1. The lowest BCUT2D eigenvalue weighted by molar-refractivity contribution is 0.0951. The van der Waals surface area contributed by atoms with Crippen LogP contribution in [0.25, 0.3) is 0 Å². The number of carbonyl (C=O) groups excluding carboxylic acids is 1. The van der Waals surface area contributed by atoms with Gasteiger partial charge in [-0.3, -0.25) is 10.2 Å². The highest BCUT2D eigenvalue weighted by atomic mass is 35.5. The Morgan fingerprint density at radius 1 is 0.839 bits per heavy atom. The summed E-state index contributed by atoms with van der Waals surface area (Å²) in [5.74, 6) is 5.01. The lowest BCUT2D eigenvalue weighted by atomic mass is 10.0. The second-order valence-electron chi connectivity index (χ2n) is 8.30. The minimum Gasteiger partial charge on any atom is -0.507 e. The van der Waals surface area contributed by atoms with Gasteiger partial charge in [0.05, 0.1) is 12.2 Å². The average molecular weight is 457 g/mol. The molecule has 0 atom stereocenters. The molecule has 0 saturated heterocycles. The Morgan fingerprint density at radius 2 is 1.29 bits per heavy atom. The van der Waals surface area contributed by atoms with Crippen molar-refractivity contribution < 1.29 is 14.6 Å². The summed E-state index contributed by atoms with van der Waals surface area (Å²) >= 11 is 0. The molecule has 0 unspecified atom stereocenters. The van der Waals surface area contributed by atoms with E-state index in [1.807, 2.05) is 5.43 Å². The van der Waals surface area contributed by atoms with Gasteiger partial charge in [0.25, 0.3) is 5.91 Å². The number of hydrogen-bond donors (Lipinski definition) is 3. The number of rotatable bonds is 19. The predicted octanol–water partition coefficient (Wildman–Crippen LogP) is 7.06. The van der Waals surface area contributed by atoms with E-state index in [4.69, 9.17) is 10.6 Å². The van der Waals surface area contributed by atoms with Gasteiger partial charge in [0.1, 0.15) is 11.5 Å². The Bertz CT molecular complexity index is 570. The number of phenols is 1. The number of amides is 1. The Balaban J connectivity index is 0.00000900. The van der Waals surface area contributed by atoms with Gasteiger partial charge in [-0.2, -0.15) is 0 Å². The van der Waals surface area contributed by atoms with Crippen LogP contribution in [0.4, 0.5) is 0 Å². The van der Waals surface area contributed by atoms with E-state index < -0.39 is 5.91 Å². The smallest absolute Gasteiger partial charge is 0.268 e. The summed E-state index contributed by atoms with van der Waals surface area (Å²) in [6.07, 6.45) is 21.5. The van der Waals surface area contributed by atoms with Crippen LogP contribution in [0.1, 0.15) is 120 Å². The van der Waals surface area contributed by atoms with Crippen LogP contribution in [0, 0.1) is 0 Å². The van der Waals surface area contributed by atoms with Gasteiger partial charge in [-0.1, -0.05) is 103 Å². The molecule has 0 radical (unpaired) electrons. The van der Waals surface area contributed by atoms with Crippen LogP contribution in [-0.4, -0.2) is 17.6 Å². The first-order valence-electron chi connectivity index (χ1n) is 12.2. The first-order chi connectivity index (χ1) is 14.7. The maximum Gasteiger partial charge on any atom is 0.268 e. The van der Waals surface area contributed by atoms with Gasteiger partial charge in [0, 0.05) is 6.07 Å². The van der Waals surface area contributed by atoms with E-state index >= 15 is 0 Å². The van der Waals surface area contributed by atoms with E-state index in [0.717, 1.165) is 12.8 Å². The summed E-state index contributed by atoms with van der Waals surface area (Å²) in [4.78, 5) is 11.4. The molecule has 0 aliphatic heterocycles. The number of unbranched alkanes of at least 4 members (excludes halogenated alkanes) is 15. The molecule has 0 bridgehead atoms. The van der Waals surface area contributed by atoms with Crippen LogP contribution in [-0.2, 0) is 0 Å². The van der Waals surface area contributed by atoms with E-state index in [0.29, 0.717) is 12.4 Å². The largest absolute Gasteiger partial charge is 0.507 e. The molecule has 0 aliphatic carbocycles. The summed E-state index contributed by atoms with van der Waals surface area (Å²) in [5.41, 5.74) is 2.15. The van der Waals surface area contributed by atoms with Crippen LogP contribution in [0.15, 0.2) is 18.2 Å². The molecule has 180 valence electrons. The molecule has 0 heterocycles. The molecule has 0 aromatic heterocycles. The van der Waals surface area contributed by atoms with Gasteiger partial charge in [0.2, 0.25) is 0 Å². The SMILES string of the molecule is CCCCCCCCCCCCCCCCCCOc1ccc(C(=O)NN)c(O)c1.Cl. The van der Waals surface area contributed by atoms with Gasteiger partial charge < -0.3 is 9.84 Å². The van der Waals surface area contributed by atoms with Gasteiger partial charge in [-0.15, -0.1) is 12.4 Å². The number of carbonyl (C=O) groups is 1. The summed E-state index contributed by atoms with van der Waals surface area (Å²) in [6, 6.07) is 4.65. The molecule has 0 aliphatic rings. The normalized spacial score (nSPS) is 10.5. The number of benzene rings is 1. The third kappa shape index (κ3) is 15.1. The maximum absolute atomic E-state index is 11.4. The lowest BCUT2D eigenvalue weighted by Gasteiger charge is -2.08. The molecular weight excluding hydrogens is 412 g/mol. The Morgan fingerprint density at radius 3 is 1.71 bits per heavy atom. The first-order valence-corrected chi connectivity index (χ1v) is 12.2. The number of ether oxygens (including phenoxy) is 1. The molecule has 1 amide bonds. The van der Waals surface area contributed by atoms with Crippen LogP contribution >= 0.6 is 12.4 Å². The molecule has 4 N–H and O–H groups in total. The van der Waals surface area contributed by atoms with Gasteiger partial charge in [0.15, 0.2) is 0 Å². The molecule has 6 heteroatoms. The van der Waals surface area contributed by atoms with E-state index in [2.05, 4.69) is 6.92 Å². The molecule has 1 aromatic carbocycles. The van der Waals surface area contributed by atoms with E-state index in [9.17, 15) is 9.90 Å². The fourth-order valence-corrected chi connectivity index (χ4v) is 3.71. The van der Waals surface area contributed by atoms with Crippen molar-refractivity contribution in [2.24, 2.45) is 5.84 Å². The average Bonchev–Trinajstić information content (AvgIpc) is 2.75. The Kier molecular flexibility index (Phi) is 19.5. The highest BCUT2D eigenvalue weighted by molar-refractivity contribution is 5.96. The third-order valence-electron chi connectivity index (χ3n) is 5.61. The van der Waals surface area contributed by atoms with Gasteiger partial charge >= 0.3 is 0 Å². The van der Waals surface area contributed by atoms with Crippen molar-refractivity contribution in [2.75, 3.05) is 6.61 Å². The molecule has 31 heavy (non-hydrogen) atoms. The fraction of sp³-hybridized carbons (Fsp3) is 0.720. The molecule has 0 spiro atoms. The second-order valence-corrected chi connectivity index (χ2v) is 8.30. The van der Waals surface area contributed by atoms with Crippen LogP contribution in [0.5, 0.6) is 11.5 Å². The van der Waals surface area contributed by atoms with Crippen molar-refractivity contribution in [3.63, 3.8) is 0 Å². The maximum atomic E-state index is 11.4. The zero-order valence-corrected chi connectivity index (χ0v) is 20.3. The quantitative estimate of drug-likeness (QED) is 0.0899. The number of nitrogen functional groups attached to an aromatic ring is 1. The predicted molar refractivity (Wildman–Crippen MR) is 132 cm³/mol. The standard InChI is InChI=1S/C25H44N2O3.ClH/c1-2-3-4-5-6-7-8-9-10-11-12-13-14-15-16-17-20-30-22-18-19-23(24(28)21-22)25(29)27-26;/h18-19,21,28H,2-17,20,26H2,1H3,(H,27,29);1H. The Hall–Kier alpha value is -1.46. The number of nitrogens with two attached hydrogens (primary N) is 1. The molecular formula is C25H45ClN2O3. The second kappa shape index (κ2) is 20.4. The molecule has 1 aromatic rings. The number of aromatic hydroxyl groups is 1. The molecule has 1 rings (SSSR count). The van der Waals surface area contributed by atoms with Crippen molar-refractivity contribution in [3.05, 3.63) is 23.8 Å². The highest BCUT2D eigenvalue weighted by Crippen LogP contribution is 2.23. The van der Waals surface area contributed by atoms with Crippen molar-refractivity contribution in [3.8, 4) is 11.5 Å². The van der Waals surface area contributed by atoms with Crippen LogP contribution < -0.4 is 16.0 Å². The third-order valence-corrected chi connectivity index (χ3v) is 5.61. The van der Waals surface area contributed by atoms with Crippen molar-refractivity contribution in [2.45, 2.75) is 110 Å². The lowest BCUT2D eigenvalue weighted by Crippen LogP contribution is -2.29. The van der Waals surface area contributed by atoms with E-state index in [-0.39, 0.29) is 23.7 Å². The van der Waals surface area contributed by atoms with Crippen LogP contribution in [0.2, 0.25) is 0 Å². The zero-order chi connectivity index (χ0) is 21.9. The Labute approximate surface area is 195 Å². The summed E-state index contributed by atoms with van der Waals surface area (Å²) < 4.78 is 5.65. The van der Waals surface area contributed by atoms with Crippen molar-refractivity contribution in [1.82, 2.24) is 5.43 Å². The highest BCUT2D eigenvalue weighted by Gasteiger charge is 2.10. The monoisotopic (exact) mass is 456 g/mol. The number of hydrogen-bond acceptors (Lipinski definition) is 4. The fourth-order valence-electron chi connectivity index (χ4n) is 3.71. The van der Waals surface area contributed by atoms with Crippen molar-refractivity contribution >= 4 is 18.3 Å². The summed E-state index contributed by atoms with van der Waals surface area (Å²) in [6.45, 7) is 2.90.